The fourth-order valence-corrected chi connectivity index (χ4v) is 8.89. The van der Waals surface area contributed by atoms with E-state index in [1.807, 2.05) is 46.8 Å². The van der Waals surface area contributed by atoms with E-state index >= 15 is 0 Å². The molecule has 6 rings (SSSR count). The predicted octanol–water partition coefficient (Wildman–Crippen LogP) is 7.52. The fraction of sp³-hybridized carbons (Fsp3) is 0.268. The molecule has 0 amide bonds. The monoisotopic (exact) mass is 785 g/mol. The second kappa shape index (κ2) is 15.6. The SMILES string of the molecule is CCOCCNS(=O)(=O)C1=C(C)C(N=c2ccc3c(-c4ccc(C(=O)O)cc4S(=O)(=O)O)c4ccc(Nc5c(C)ccc(C)c5C)cc4oc-3c2)C(C)C=C1. The third kappa shape index (κ3) is 8.14. The number of ether oxygens (including phenoxy) is 1. The van der Waals surface area contributed by atoms with Crippen LogP contribution in [0.25, 0.3) is 33.4 Å². The second-order valence-corrected chi connectivity index (χ2v) is 16.7. The van der Waals surface area contributed by atoms with Gasteiger partial charge in [-0.1, -0.05) is 31.2 Å². The third-order valence-corrected chi connectivity index (χ3v) is 12.4. The molecule has 55 heavy (non-hydrogen) atoms. The van der Waals surface area contributed by atoms with E-state index in [0.717, 1.165) is 28.4 Å². The first-order valence-corrected chi connectivity index (χ1v) is 20.6. The number of aryl methyl sites for hydroxylation is 2. The van der Waals surface area contributed by atoms with Gasteiger partial charge in [0.15, 0.2) is 0 Å². The number of rotatable bonds is 12. The second-order valence-electron chi connectivity index (χ2n) is 13.6. The number of hydrogen-bond donors (Lipinski definition) is 4. The lowest BCUT2D eigenvalue weighted by Crippen LogP contribution is -2.32. The summed E-state index contributed by atoms with van der Waals surface area (Å²) in [5.41, 5.74) is 6.40. The molecule has 3 aromatic carbocycles. The Morgan fingerprint density at radius 1 is 0.927 bits per heavy atom. The molecule has 1 aliphatic heterocycles. The van der Waals surface area contributed by atoms with Crippen molar-refractivity contribution in [3.05, 3.63) is 117 Å². The summed E-state index contributed by atoms with van der Waals surface area (Å²) in [6.07, 6.45) is 3.40. The molecule has 0 saturated heterocycles. The Balaban J connectivity index is 1.56. The van der Waals surface area contributed by atoms with Gasteiger partial charge in [-0.2, -0.15) is 8.42 Å². The highest BCUT2D eigenvalue weighted by Gasteiger charge is 2.29. The molecule has 1 heterocycles. The van der Waals surface area contributed by atoms with Crippen molar-refractivity contribution in [1.82, 2.24) is 4.72 Å². The molecule has 2 unspecified atom stereocenters. The van der Waals surface area contributed by atoms with Crippen LogP contribution in [0.1, 0.15) is 47.8 Å². The largest absolute Gasteiger partial charge is 0.478 e. The molecule has 0 aromatic heterocycles. The first kappa shape index (κ1) is 39.6. The summed E-state index contributed by atoms with van der Waals surface area (Å²) in [7, 11) is -8.75. The van der Waals surface area contributed by atoms with E-state index in [2.05, 4.69) is 16.1 Å². The van der Waals surface area contributed by atoms with Crippen molar-refractivity contribution in [2.24, 2.45) is 10.9 Å². The molecular weight excluding hydrogens is 743 g/mol. The molecular formula is C41H43N3O9S2. The van der Waals surface area contributed by atoms with E-state index in [1.165, 1.54) is 12.1 Å². The molecule has 3 aliphatic rings. The van der Waals surface area contributed by atoms with Crippen LogP contribution in [0.3, 0.4) is 0 Å². The number of fused-ring (bicyclic) bond motifs is 2. The van der Waals surface area contributed by atoms with Crippen LogP contribution in [0.5, 0.6) is 0 Å². The molecule has 3 aromatic rings. The smallest absolute Gasteiger partial charge is 0.335 e. The molecule has 0 saturated carbocycles. The first-order chi connectivity index (χ1) is 26.0. The zero-order valence-corrected chi connectivity index (χ0v) is 32.9. The number of nitrogens with one attached hydrogen (secondary N) is 2. The summed E-state index contributed by atoms with van der Waals surface area (Å²) < 4.78 is 76.9. The van der Waals surface area contributed by atoms with Crippen molar-refractivity contribution in [2.45, 2.75) is 52.5 Å². The van der Waals surface area contributed by atoms with Crippen molar-refractivity contribution in [3.63, 3.8) is 0 Å². The van der Waals surface area contributed by atoms with E-state index in [0.29, 0.717) is 51.1 Å². The van der Waals surface area contributed by atoms with Gasteiger partial charge in [0.25, 0.3) is 10.1 Å². The Morgan fingerprint density at radius 3 is 2.36 bits per heavy atom. The number of hydrogen-bond acceptors (Lipinski definition) is 9. The summed E-state index contributed by atoms with van der Waals surface area (Å²) in [6.45, 7) is 12.4. The van der Waals surface area contributed by atoms with Gasteiger partial charge in [0.05, 0.1) is 28.5 Å². The highest BCUT2D eigenvalue weighted by Crippen LogP contribution is 2.43. The average molecular weight is 786 g/mol. The quantitative estimate of drug-likeness (QED) is 0.0560. The van der Waals surface area contributed by atoms with E-state index in [9.17, 15) is 31.3 Å². The van der Waals surface area contributed by atoms with Crippen LogP contribution in [-0.2, 0) is 24.9 Å². The summed E-state index contributed by atoms with van der Waals surface area (Å²) in [6, 6.07) is 17.7. The van der Waals surface area contributed by atoms with Crippen LogP contribution in [0.15, 0.2) is 104 Å². The molecule has 14 heteroatoms. The standard InChI is InChI=1S/C41H43N3O9S2/c1-7-52-19-18-42-54(47,48)36-17-10-25(4)40(27(36)6)44-30-13-16-32-35(22-30)53-34-21-29(43-39-24(3)9-8-23(2)26(39)5)12-15-31(34)38(32)33-14-11-28(41(45)46)20-37(33)55(49,50)51/h8-17,20-22,25,40,42-43H,7,18-19H2,1-6H3,(H,45,46)(H,49,50,51). The molecule has 4 N–H and O–H groups in total. The Labute approximate surface area is 320 Å². The zero-order chi connectivity index (χ0) is 39.8. The summed E-state index contributed by atoms with van der Waals surface area (Å²) in [5.74, 6) is -1.18. The van der Waals surface area contributed by atoms with Gasteiger partial charge in [-0.25, -0.2) is 17.9 Å². The van der Waals surface area contributed by atoms with Gasteiger partial charge in [0, 0.05) is 64.7 Å². The van der Waals surface area contributed by atoms with Crippen molar-refractivity contribution in [1.29, 1.82) is 0 Å². The number of carbonyl (C=O) groups is 1. The molecule has 0 spiro atoms. The Morgan fingerprint density at radius 2 is 1.65 bits per heavy atom. The maximum Gasteiger partial charge on any atom is 0.335 e. The topological polar surface area (TPSA) is 185 Å². The normalized spacial score (nSPS) is 16.7. The van der Waals surface area contributed by atoms with E-state index < -0.39 is 37.0 Å². The number of aromatic carboxylic acids is 1. The van der Waals surface area contributed by atoms with Crippen LogP contribution >= 0.6 is 0 Å². The molecule has 0 radical (unpaired) electrons. The summed E-state index contributed by atoms with van der Waals surface area (Å²) >= 11 is 0. The minimum atomic E-state index is -4.90. The lowest BCUT2D eigenvalue weighted by molar-refractivity contribution is 0.0696. The molecule has 0 fully saturated rings. The lowest BCUT2D eigenvalue weighted by atomic mass is 9.91. The minimum absolute atomic E-state index is 0.0746. The van der Waals surface area contributed by atoms with Gasteiger partial charge in [-0.3, -0.25) is 9.55 Å². The van der Waals surface area contributed by atoms with Crippen LogP contribution < -0.4 is 15.4 Å². The van der Waals surface area contributed by atoms with Gasteiger partial charge in [0.2, 0.25) is 10.0 Å². The number of sulfonamides is 1. The number of allylic oxidation sites excluding steroid dienone is 1. The Hall–Kier alpha value is -5.12. The molecule has 2 atom stereocenters. The van der Waals surface area contributed by atoms with Gasteiger partial charge < -0.3 is 19.6 Å². The first-order valence-electron chi connectivity index (χ1n) is 17.7. The fourth-order valence-electron chi connectivity index (χ4n) is 6.85. The lowest BCUT2D eigenvalue weighted by Gasteiger charge is -2.25. The predicted molar refractivity (Wildman–Crippen MR) is 213 cm³/mol. The Kier molecular flexibility index (Phi) is 11.2. The van der Waals surface area contributed by atoms with Crippen molar-refractivity contribution < 1.29 is 40.4 Å². The highest BCUT2D eigenvalue weighted by atomic mass is 32.2. The number of nitrogens with zero attached hydrogens (tertiary/aromatic N) is 1. The van der Waals surface area contributed by atoms with Gasteiger partial charge >= 0.3 is 5.97 Å². The van der Waals surface area contributed by atoms with Crippen molar-refractivity contribution in [3.8, 4) is 22.5 Å². The minimum Gasteiger partial charge on any atom is -0.478 e. The van der Waals surface area contributed by atoms with Gasteiger partial charge in [0.1, 0.15) is 16.2 Å². The zero-order valence-electron chi connectivity index (χ0n) is 31.3. The molecule has 2 aliphatic carbocycles. The number of benzene rings is 4. The summed E-state index contributed by atoms with van der Waals surface area (Å²) in [5, 5.41) is 14.1. The van der Waals surface area contributed by atoms with Gasteiger partial charge in [-0.05, 0) is 99.4 Å². The number of carboxylic acids is 1. The average Bonchev–Trinajstić information content (AvgIpc) is 3.13. The van der Waals surface area contributed by atoms with E-state index in [1.54, 1.807) is 49.4 Å². The van der Waals surface area contributed by atoms with Crippen molar-refractivity contribution >= 4 is 48.5 Å². The van der Waals surface area contributed by atoms with Gasteiger partial charge in [-0.15, -0.1) is 0 Å². The highest BCUT2D eigenvalue weighted by molar-refractivity contribution is 7.93. The molecule has 0 bridgehead atoms. The van der Waals surface area contributed by atoms with Crippen LogP contribution in [0.4, 0.5) is 11.4 Å². The van der Waals surface area contributed by atoms with Crippen LogP contribution in [-0.4, -0.2) is 58.3 Å². The van der Waals surface area contributed by atoms with E-state index in [4.69, 9.17) is 14.1 Å². The maximum atomic E-state index is 13.3. The summed E-state index contributed by atoms with van der Waals surface area (Å²) in [4.78, 5) is 16.4. The maximum absolute atomic E-state index is 13.3. The van der Waals surface area contributed by atoms with Crippen LogP contribution in [0, 0.1) is 26.7 Å². The van der Waals surface area contributed by atoms with Crippen LogP contribution in [0.2, 0.25) is 0 Å². The molecule has 288 valence electrons. The third-order valence-electron chi connectivity index (χ3n) is 9.90. The number of anilines is 2. The molecule has 12 nitrogen and oxygen atoms in total. The van der Waals surface area contributed by atoms with E-state index in [-0.39, 0.29) is 35.1 Å². The Bertz CT molecular complexity index is 2660. The number of carboxylic acid groups (broad SMARTS) is 1. The van der Waals surface area contributed by atoms with Crippen molar-refractivity contribution in [2.75, 3.05) is 25.1 Å².